The first kappa shape index (κ1) is 25.2. The van der Waals surface area contributed by atoms with E-state index in [1.807, 2.05) is 26.8 Å². The summed E-state index contributed by atoms with van der Waals surface area (Å²) in [6.07, 6.45) is 2.77. The van der Waals surface area contributed by atoms with Crippen LogP contribution >= 0.6 is 24.8 Å². The Labute approximate surface area is 181 Å². The van der Waals surface area contributed by atoms with Crippen LogP contribution in [0, 0.1) is 5.41 Å². The van der Waals surface area contributed by atoms with Gasteiger partial charge in [0.2, 0.25) is 5.91 Å². The van der Waals surface area contributed by atoms with Crippen molar-refractivity contribution in [3.05, 3.63) is 35.9 Å². The highest BCUT2D eigenvalue weighted by molar-refractivity contribution is 5.89. The monoisotopic (exact) mass is 431 g/mol. The molecule has 1 aliphatic heterocycles. The van der Waals surface area contributed by atoms with Crippen molar-refractivity contribution in [1.29, 1.82) is 0 Å². The maximum Gasteiger partial charge on any atom is 0.241 e. The van der Waals surface area contributed by atoms with Crippen molar-refractivity contribution in [2.75, 3.05) is 19.7 Å². The van der Waals surface area contributed by atoms with Crippen molar-refractivity contribution in [2.45, 2.75) is 64.3 Å². The van der Waals surface area contributed by atoms with Crippen molar-refractivity contribution in [1.82, 2.24) is 10.2 Å². The highest BCUT2D eigenvalue weighted by atomic mass is 35.5. The second-order valence-electron chi connectivity index (χ2n) is 8.37. The normalized spacial score (nSPS) is 29.0. The zero-order chi connectivity index (χ0) is 18.8. The number of benzene rings is 1. The summed E-state index contributed by atoms with van der Waals surface area (Å²) in [5.41, 5.74) is 6.65. The van der Waals surface area contributed by atoms with Crippen LogP contribution in [-0.4, -0.2) is 48.2 Å². The van der Waals surface area contributed by atoms with Crippen molar-refractivity contribution >= 4 is 30.7 Å². The third-order valence-corrected chi connectivity index (χ3v) is 6.32. The van der Waals surface area contributed by atoms with Gasteiger partial charge in [-0.1, -0.05) is 44.2 Å². The first-order valence-electron chi connectivity index (χ1n) is 9.84. The maximum atomic E-state index is 12.9. The fourth-order valence-electron chi connectivity index (χ4n) is 4.29. The van der Waals surface area contributed by atoms with Gasteiger partial charge in [-0.15, -0.1) is 24.8 Å². The fraction of sp³-hybridized carbons (Fsp3) is 0.667. The average Bonchev–Trinajstić information content (AvgIpc) is 2.62. The highest BCUT2D eigenvalue weighted by Crippen LogP contribution is 2.49. The van der Waals surface area contributed by atoms with Crippen LogP contribution in [0.4, 0.5) is 0 Å². The number of halogens is 2. The minimum atomic E-state index is -0.839. The molecule has 3 atom stereocenters. The number of nitrogens with one attached hydrogen (secondary N) is 1. The SMILES string of the molecule is CCOC1CC(N)(C(=O)NC2CCCN(Cc3ccccc3)C2)C1(C)C.Cl.Cl. The molecule has 1 saturated carbocycles. The first-order valence-corrected chi connectivity index (χ1v) is 9.84. The van der Waals surface area contributed by atoms with E-state index in [4.69, 9.17) is 10.5 Å². The molecule has 1 amide bonds. The molecule has 1 aromatic rings. The summed E-state index contributed by atoms with van der Waals surface area (Å²) in [7, 11) is 0. The zero-order valence-corrected chi connectivity index (χ0v) is 18.8. The molecule has 2 aliphatic rings. The molecule has 0 radical (unpaired) electrons. The Hall–Kier alpha value is -0.850. The van der Waals surface area contributed by atoms with E-state index in [1.54, 1.807) is 0 Å². The van der Waals surface area contributed by atoms with E-state index >= 15 is 0 Å². The standard InChI is InChI=1S/C21H33N3O2.2ClH/c1-4-26-18-13-21(22,20(18,2)3)19(25)23-17-11-8-12-24(15-17)14-16-9-6-5-7-10-16;;/h5-7,9-10,17-18H,4,8,11-15,22H2,1-3H3,(H,23,25);2*1H. The summed E-state index contributed by atoms with van der Waals surface area (Å²) >= 11 is 0. The van der Waals surface area contributed by atoms with E-state index in [-0.39, 0.29) is 48.3 Å². The van der Waals surface area contributed by atoms with Gasteiger partial charge in [-0.25, -0.2) is 0 Å². The van der Waals surface area contributed by atoms with E-state index in [2.05, 4.69) is 34.5 Å². The van der Waals surface area contributed by atoms with E-state index in [0.717, 1.165) is 32.5 Å². The van der Waals surface area contributed by atoms with Gasteiger partial charge in [-0.2, -0.15) is 0 Å². The number of hydrogen-bond donors (Lipinski definition) is 2. The number of carbonyl (C=O) groups excluding carboxylic acids is 1. The van der Waals surface area contributed by atoms with Crippen LogP contribution in [0.1, 0.15) is 45.6 Å². The van der Waals surface area contributed by atoms with Crippen molar-refractivity contribution in [2.24, 2.45) is 11.1 Å². The second kappa shape index (κ2) is 10.3. The number of piperidine rings is 1. The summed E-state index contributed by atoms with van der Waals surface area (Å²) in [5, 5.41) is 3.23. The van der Waals surface area contributed by atoms with Gasteiger partial charge >= 0.3 is 0 Å². The topological polar surface area (TPSA) is 67.6 Å². The predicted molar refractivity (Wildman–Crippen MR) is 118 cm³/mol. The molecule has 3 N–H and O–H groups in total. The molecule has 28 heavy (non-hydrogen) atoms. The van der Waals surface area contributed by atoms with Crippen LogP contribution in [0.15, 0.2) is 30.3 Å². The molecule has 7 heteroatoms. The Bertz CT molecular complexity index is 629. The molecule has 0 aromatic heterocycles. The molecule has 160 valence electrons. The molecule has 1 saturated heterocycles. The fourth-order valence-corrected chi connectivity index (χ4v) is 4.29. The van der Waals surface area contributed by atoms with Gasteiger partial charge < -0.3 is 15.8 Å². The third kappa shape index (κ3) is 5.00. The number of hydrogen-bond acceptors (Lipinski definition) is 4. The molecule has 1 aliphatic carbocycles. The lowest BCUT2D eigenvalue weighted by Gasteiger charge is -2.58. The smallest absolute Gasteiger partial charge is 0.241 e. The van der Waals surface area contributed by atoms with Crippen LogP contribution in [0.5, 0.6) is 0 Å². The Balaban J connectivity index is 0.00000196. The molecule has 1 aromatic carbocycles. The quantitative estimate of drug-likeness (QED) is 0.725. The number of carbonyl (C=O) groups is 1. The second-order valence-corrected chi connectivity index (χ2v) is 8.37. The summed E-state index contributed by atoms with van der Waals surface area (Å²) in [6, 6.07) is 10.7. The maximum absolute atomic E-state index is 12.9. The van der Waals surface area contributed by atoms with Crippen molar-refractivity contribution < 1.29 is 9.53 Å². The van der Waals surface area contributed by atoms with E-state index in [0.29, 0.717) is 13.0 Å². The highest BCUT2D eigenvalue weighted by Gasteiger charge is 2.63. The molecule has 0 bridgehead atoms. The minimum Gasteiger partial charge on any atom is -0.378 e. The van der Waals surface area contributed by atoms with Crippen LogP contribution in [0.3, 0.4) is 0 Å². The van der Waals surface area contributed by atoms with E-state index < -0.39 is 5.54 Å². The Morgan fingerprint density at radius 3 is 2.57 bits per heavy atom. The molecule has 5 nitrogen and oxygen atoms in total. The Kier molecular flexibility index (Phi) is 9.23. The van der Waals surface area contributed by atoms with Gasteiger partial charge in [0.1, 0.15) is 5.54 Å². The number of nitrogens with zero attached hydrogens (tertiary/aromatic N) is 1. The van der Waals surface area contributed by atoms with Gasteiger partial charge in [0.25, 0.3) is 0 Å². The average molecular weight is 432 g/mol. The van der Waals surface area contributed by atoms with Crippen molar-refractivity contribution in [3.63, 3.8) is 0 Å². The summed E-state index contributed by atoms with van der Waals surface area (Å²) < 4.78 is 5.74. The number of likely N-dealkylation sites (tertiary alicyclic amines) is 1. The minimum absolute atomic E-state index is 0. The van der Waals surface area contributed by atoms with E-state index in [1.165, 1.54) is 5.56 Å². The number of rotatable bonds is 6. The lowest BCUT2D eigenvalue weighted by Crippen LogP contribution is -2.76. The molecule has 3 rings (SSSR count). The first-order chi connectivity index (χ1) is 12.4. The third-order valence-electron chi connectivity index (χ3n) is 6.32. The van der Waals surface area contributed by atoms with Gasteiger partial charge in [-0.3, -0.25) is 9.69 Å². The molecule has 1 heterocycles. The van der Waals surface area contributed by atoms with Crippen molar-refractivity contribution in [3.8, 4) is 0 Å². The predicted octanol–water partition coefficient (Wildman–Crippen LogP) is 3.14. The van der Waals surface area contributed by atoms with Crippen LogP contribution in [-0.2, 0) is 16.1 Å². The molecule has 3 unspecified atom stereocenters. The lowest BCUT2D eigenvalue weighted by molar-refractivity contribution is -0.171. The number of amides is 1. The largest absolute Gasteiger partial charge is 0.378 e. The van der Waals surface area contributed by atoms with Gasteiger partial charge in [0.05, 0.1) is 6.10 Å². The lowest BCUT2D eigenvalue weighted by atomic mass is 9.54. The molecule has 0 spiro atoms. The summed E-state index contributed by atoms with van der Waals surface area (Å²) in [4.78, 5) is 15.4. The van der Waals surface area contributed by atoms with Crippen LogP contribution in [0.25, 0.3) is 0 Å². The van der Waals surface area contributed by atoms with Gasteiger partial charge in [-0.05, 0) is 31.9 Å². The molecule has 2 fully saturated rings. The number of ether oxygens (including phenoxy) is 1. The number of nitrogens with two attached hydrogens (primary N) is 1. The Morgan fingerprint density at radius 2 is 1.96 bits per heavy atom. The summed E-state index contributed by atoms with van der Waals surface area (Å²) in [5.74, 6) is -0.0231. The molecular formula is C21H35Cl2N3O2. The van der Waals surface area contributed by atoms with Crippen LogP contribution < -0.4 is 11.1 Å². The molecular weight excluding hydrogens is 397 g/mol. The Morgan fingerprint density at radius 1 is 1.29 bits per heavy atom. The van der Waals surface area contributed by atoms with Gasteiger partial charge in [0, 0.05) is 37.6 Å². The van der Waals surface area contributed by atoms with E-state index in [9.17, 15) is 4.79 Å². The van der Waals surface area contributed by atoms with Crippen LogP contribution in [0.2, 0.25) is 0 Å². The van der Waals surface area contributed by atoms with Gasteiger partial charge in [0.15, 0.2) is 0 Å². The zero-order valence-electron chi connectivity index (χ0n) is 17.1. The summed E-state index contributed by atoms with van der Waals surface area (Å²) in [6.45, 7) is 9.61.